The van der Waals surface area contributed by atoms with Gasteiger partial charge in [-0.2, -0.15) is 5.10 Å². The Hall–Kier alpha value is -0.870. The van der Waals surface area contributed by atoms with E-state index in [1.807, 2.05) is 17.9 Å². The second-order valence-electron chi connectivity index (χ2n) is 3.37. The van der Waals surface area contributed by atoms with E-state index in [2.05, 4.69) is 24.3 Å². The molecule has 4 nitrogen and oxygen atoms in total. The number of ether oxygens (including phenoxy) is 1. The third kappa shape index (κ3) is 2.33. The molecule has 0 saturated carbocycles. The van der Waals surface area contributed by atoms with Crippen molar-refractivity contribution in [3.63, 3.8) is 0 Å². The zero-order chi connectivity index (χ0) is 10.6. The minimum Gasteiger partial charge on any atom is -0.383 e. The summed E-state index contributed by atoms with van der Waals surface area (Å²) < 4.78 is 7.06. The van der Waals surface area contributed by atoms with Crippen LogP contribution in [0.5, 0.6) is 0 Å². The summed E-state index contributed by atoms with van der Waals surface area (Å²) in [7, 11) is 3.67. The molecule has 4 heteroatoms. The van der Waals surface area contributed by atoms with E-state index in [0.717, 1.165) is 6.54 Å². The van der Waals surface area contributed by atoms with E-state index in [-0.39, 0.29) is 6.04 Å². The van der Waals surface area contributed by atoms with E-state index in [1.165, 1.54) is 11.3 Å². The van der Waals surface area contributed by atoms with Crippen LogP contribution in [0, 0.1) is 6.92 Å². The van der Waals surface area contributed by atoms with Gasteiger partial charge in [-0.3, -0.25) is 4.68 Å². The third-order valence-corrected chi connectivity index (χ3v) is 2.43. The summed E-state index contributed by atoms with van der Waals surface area (Å²) in [6.45, 7) is 5.78. The molecule has 14 heavy (non-hydrogen) atoms. The summed E-state index contributed by atoms with van der Waals surface area (Å²) in [6.07, 6.45) is 1.90. The third-order valence-electron chi connectivity index (χ3n) is 2.43. The first-order valence-corrected chi connectivity index (χ1v) is 4.91. The lowest BCUT2D eigenvalue weighted by molar-refractivity contribution is 0.167. The molecule has 0 aliphatic heterocycles. The van der Waals surface area contributed by atoms with E-state index in [0.29, 0.717) is 6.61 Å². The Morgan fingerprint density at radius 2 is 2.36 bits per heavy atom. The zero-order valence-corrected chi connectivity index (χ0v) is 9.37. The molecular formula is C10H19N3O. The van der Waals surface area contributed by atoms with Gasteiger partial charge in [0.15, 0.2) is 0 Å². The molecule has 0 radical (unpaired) electrons. The van der Waals surface area contributed by atoms with E-state index >= 15 is 0 Å². The Morgan fingerprint density at radius 3 is 2.79 bits per heavy atom. The quantitative estimate of drug-likeness (QED) is 0.766. The number of aryl methyl sites for hydroxylation is 1. The normalized spacial score (nSPS) is 13.1. The van der Waals surface area contributed by atoms with Crippen LogP contribution in [0.2, 0.25) is 0 Å². The second kappa shape index (κ2) is 5.12. The minimum absolute atomic E-state index is 0.249. The number of nitrogens with one attached hydrogen (secondary N) is 1. The molecule has 0 aliphatic rings. The van der Waals surface area contributed by atoms with Crippen LogP contribution < -0.4 is 5.32 Å². The molecular weight excluding hydrogens is 178 g/mol. The first-order valence-electron chi connectivity index (χ1n) is 4.91. The van der Waals surface area contributed by atoms with Crippen molar-refractivity contribution in [2.45, 2.75) is 19.9 Å². The maximum Gasteiger partial charge on any atom is 0.0658 e. The SMILES string of the molecule is CCNC(COC)c1cnn(C)c1C. The van der Waals surface area contributed by atoms with Crippen LogP contribution in [-0.4, -0.2) is 30.0 Å². The first-order chi connectivity index (χ1) is 6.70. The maximum atomic E-state index is 5.18. The predicted octanol–water partition coefficient (Wildman–Crippen LogP) is 1.03. The van der Waals surface area contributed by atoms with Gasteiger partial charge in [-0.05, 0) is 13.5 Å². The maximum absolute atomic E-state index is 5.18. The lowest BCUT2D eigenvalue weighted by Crippen LogP contribution is -2.25. The van der Waals surface area contributed by atoms with Gasteiger partial charge in [-0.1, -0.05) is 6.92 Å². The molecule has 1 N–H and O–H groups in total. The van der Waals surface area contributed by atoms with Crippen molar-refractivity contribution in [2.24, 2.45) is 7.05 Å². The number of nitrogens with zero attached hydrogens (tertiary/aromatic N) is 2. The lowest BCUT2D eigenvalue weighted by atomic mass is 10.1. The van der Waals surface area contributed by atoms with Gasteiger partial charge in [0, 0.05) is 25.4 Å². The molecule has 80 valence electrons. The highest BCUT2D eigenvalue weighted by molar-refractivity contribution is 5.20. The number of likely N-dealkylation sites (N-methyl/N-ethyl adjacent to an activating group) is 1. The van der Waals surface area contributed by atoms with Crippen LogP contribution >= 0.6 is 0 Å². The van der Waals surface area contributed by atoms with E-state index in [1.54, 1.807) is 7.11 Å². The van der Waals surface area contributed by atoms with Gasteiger partial charge in [-0.25, -0.2) is 0 Å². The summed E-state index contributed by atoms with van der Waals surface area (Å²) in [6, 6.07) is 0.249. The summed E-state index contributed by atoms with van der Waals surface area (Å²) in [5.41, 5.74) is 2.41. The standard InChI is InChI=1S/C10H19N3O/c1-5-11-10(7-14-4)9-6-12-13(3)8(9)2/h6,10-11H,5,7H2,1-4H3. The molecule has 0 saturated heterocycles. The summed E-state index contributed by atoms with van der Waals surface area (Å²) >= 11 is 0. The Morgan fingerprint density at radius 1 is 1.64 bits per heavy atom. The van der Waals surface area contributed by atoms with Crippen molar-refractivity contribution in [1.82, 2.24) is 15.1 Å². The number of aromatic nitrogens is 2. The number of methoxy groups -OCH3 is 1. The molecule has 1 unspecified atom stereocenters. The highest BCUT2D eigenvalue weighted by Crippen LogP contribution is 2.16. The van der Waals surface area contributed by atoms with E-state index in [4.69, 9.17) is 4.74 Å². The zero-order valence-electron chi connectivity index (χ0n) is 9.37. The summed E-state index contributed by atoms with van der Waals surface area (Å²) in [5, 5.41) is 7.60. The van der Waals surface area contributed by atoms with Crippen LogP contribution in [-0.2, 0) is 11.8 Å². The Kier molecular flexibility index (Phi) is 4.10. The van der Waals surface area contributed by atoms with Gasteiger partial charge in [-0.15, -0.1) is 0 Å². The summed E-state index contributed by atoms with van der Waals surface area (Å²) in [4.78, 5) is 0. The second-order valence-corrected chi connectivity index (χ2v) is 3.37. The molecule has 1 rings (SSSR count). The van der Waals surface area contributed by atoms with Crippen molar-refractivity contribution in [2.75, 3.05) is 20.3 Å². The van der Waals surface area contributed by atoms with Crippen molar-refractivity contribution in [1.29, 1.82) is 0 Å². The molecule has 1 heterocycles. The van der Waals surface area contributed by atoms with E-state index in [9.17, 15) is 0 Å². The van der Waals surface area contributed by atoms with Crippen LogP contribution in [0.3, 0.4) is 0 Å². The predicted molar refractivity (Wildman–Crippen MR) is 56.2 cm³/mol. The van der Waals surface area contributed by atoms with Crippen LogP contribution in [0.15, 0.2) is 6.20 Å². The molecule has 0 aliphatic carbocycles. The number of hydrogen-bond acceptors (Lipinski definition) is 3. The van der Waals surface area contributed by atoms with Gasteiger partial charge < -0.3 is 10.1 Å². The topological polar surface area (TPSA) is 39.1 Å². The Labute approximate surface area is 85.3 Å². The molecule has 0 amide bonds. The van der Waals surface area contributed by atoms with Gasteiger partial charge in [0.05, 0.1) is 18.8 Å². The Balaban J connectivity index is 2.81. The minimum atomic E-state index is 0.249. The van der Waals surface area contributed by atoms with Crippen LogP contribution in [0.25, 0.3) is 0 Å². The number of hydrogen-bond donors (Lipinski definition) is 1. The first kappa shape index (κ1) is 11.2. The van der Waals surface area contributed by atoms with Crippen LogP contribution in [0.1, 0.15) is 24.2 Å². The molecule has 0 fully saturated rings. The molecule has 0 bridgehead atoms. The summed E-state index contributed by atoms with van der Waals surface area (Å²) in [5.74, 6) is 0. The highest BCUT2D eigenvalue weighted by atomic mass is 16.5. The Bertz CT molecular complexity index is 277. The van der Waals surface area contributed by atoms with Crippen molar-refractivity contribution in [3.05, 3.63) is 17.5 Å². The molecule has 0 spiro atoms. The average Bonchev–Trinajstić information content (AvgIpc) is 2.48. The van der Waals surface area contributed by atoms with Crippen molar-refractivity contribution < 1.29 is 4.74 Å². The molecule has 0 aromatic carbocycles. The lowest BCUT2D eigenvalue weighted by Gasteiger charge is -2.16. The molecule has 1 aromatic rings. The fourth-order valence-corrected chi connectivity index (χ4v) is 1.53. The number of rotatable bonds is 5. The fraction of sp³-hybridized carbons (Fsp3) is 0.700. The van der Waals surface area contributed by atoms with Crippen molar-refractivity contribution in [3.8, 4) is 0 Å². The monoisotopic (exact) mass is 197 g/mol. The highest BCUT2D eigenvalue weighted by Gasteiger charge is 2.14. The molecule has 1 aromatic heterocycles. The van der Waals surface area contributed by atoms with Crippen molar-refractivity contribution >= 4 is 0 Å². The smallest absolute Gasteiger partial charge is 0.0658 e. The molecule has 1 atom stereocenters. The van der Waals surface area contributed by atoms with Gasteiger partial charge >= 0.3 is 0 Å². The average molecular weight is 197 g/mol. The van der Waals surface area contributed by atoms with Crippen LogP contribution in [0.4, 0.5) is 0 Å². The van der Waals surface area contributed by atoms with Gasteiger partial charge in [0.2, 0.25) is 0 Å². The van der Waals surface area contributed by atoms with Gasteiger partial charge in [0.25, 0.3) is 0 Å². The van der Waals surface area contributed by atoms with Gasteiger partial charge in [0.1, 0.15) is 0 Å². The largest absolute Gasteiger partial charge is 0.383 e. The van der Waals surface area contributed by atoms with E-state index < -0.39 is 0 Å². The fourth-order valence-electron chi connectivity index (χ4n) is 1.53.